The van der Waals surface area contributed by atoms with Crippen molar-refractivity contribution in [2.24, 2.45) is 4.99 Å². The Morgan fingerprint density at radius 1 is 1.22 bits per heavy atom. The topological polar surface area (TPSA) is 71.9 Å². The molecule has 0 fully saturated rings. The summed E-state index contributed by atoms with van der Waals surface area (Å²) in [6.45, 7) is 3.68. The van der Waals surface area contributed by atoms with Crippen molar-refractivity contribution in [1.82, 2.24) is 20.2 Å². The van der Waals surface area contributed by atoms with Crippen LogP contribution in [0.15, 0.2) is 59.0 Å². The number of nitrogens with one attached hydrogen (secondary N) is 1. The Morgan fingerprint density at radius 3 is 2.72 bits per heavy atom. The van der Waals surface area contributed by atoms with Crippen molar-refractivity contribution >= 4 is 41.3 Å². The van der Waals surface area contributed by atoms with Crippen molar-refractivity contribution < 1.29 is 9.47 Å². The zero-order chi connectivity index (χ0) is 22.1. The van der Waals surface area contributed by atoms with Gasteiger partial charge < -0.3 is 19.7 Å². The lowest BCUT2D eigenvalue weighted by Gasteiger charge is -2.21. The molecule has 32 heavy (non-hydrogen) atoms. The van der Waals surface area contributed by atoms with Crippen LogP contribution in [0, 0.1) is 0 Å². The summed E-state index contributed by atoms with van der Waals surface area (Å²) in [7, 11) is 5.46. The molecular formula is C23H30IN5O2S. The van der Waals surface area contributed by atoms with Gasteiger partial charge in [0.1, 0.15) is 17.7 Å². The highest BCUT2D eigenvalue weighted by molar-refractivity contribution is 14.0. The minimum absolute atomic E-state index is 0. The summed E-state index contributed by atoms with van der Waals surface area (Å²) in [6, 6.07) is 14.0. The Balaban J connectivity index is 0.00000363. The number of hydrogen-bond acceptors (Lipinski definition) is 6. The number of halogens is 1. The molecule has 0 amide bonds. The quantitative estimate of drug-likeness (QED) is 0.231. The predicted molar refractivity (Wildman–Crippen MR) is 140 cm³/mol. The molecule has 9 heteroatoms. The van der Waals surface area contributed by atoms with E-state index in [4.69, 9.17) is 9.47 Å². The summed E-state index contributed by atoms with van der Waals surface area (Å²) in [5.74, 6) is 1.39. The zero-order valence-corrected chi connectivity index (χ0v) is 22.0. The van der Waals surface area contributed by atoms with Crippen LogP contribution < -0.4 is 10.1 Å². The molecule has 172 valence electrons. The van der Waals surface area contributed by atoms with Crippen LogP contribution in [0.4, 0.5) is 0 Å². The third-order valence-corrected chi connectivity index (χ3v) is 5.80. The predicted octanol–water partition coefficient (Wildman–Crippen LogP) is 4.65. The first-order chi connectivity index (χ1) is 15.1. The third-order valence-electron chi connectivity index (χ3n) is 4.75. The van der Waals surface area contributed by atoms with Gasteiger partial charge in [-0.05, 0) is 18.6 Å². The lowest BCUT2D eigenvalue weighted by atomic mass is 10.2. The van der Waals surface area contributed by atoms with Gasteiger partial charge in [0.05, 0.1) is 12.2 Å². The van der Waals surface area contributed by atoms with E-state index in [0.717, 1.165) is 27.8 Å². The van der Waals surface area contributed by atoms with Crippen LogP contribution >= 0.6 is 35.3 Å². The molecule has 1 N–H and O–H groups in total. The van der Waals surface area contributed by atoms with Gasteiger partial charge in [0.15, 0.2) is 5.96 Å². The number of benzene rings is 1. The molecule has 7 nitrogen and oxygen atoms in total. The largest absolute Gasteiger partial charge is 0.473 e. The van der Waals surface area contributed by atoms with Crippen molar-refractivity contribution in [1.29, 1.82) is 0 Å². The minimum atomic E-state index is 0. The fraction of sp³-hybridized carbons (Fsp3) is 0.348. The summed E-state index contributed by atoms with van der Waals surface area (Å²) in [5.41, 5.74) is 3.06. The number of methoxy groups -OCH3 is 1. The Labute approximate surface area is 210 Å². The average molecular weight is 567 g/mol. The monoisotopic (exact) mass is 567 g/mol. The summed E-state index contributed by atoms with van der Waals surface area (Å²) < 4.78 is 11.3. The van der Waals surface area contributed by atoms with Crippen LogP contribution in [-0.2, 0) is 24.4 Å². The molecule has 0 saturated carbocycles. The first kappa shape index (κ1) is 26.0. The van der Waals surface area contributed by atoms with Gasteiger partial charge in [-0.2, -0.15) is 0 Å². The second kappa shape index (κ2) is 13.3. The Hall–Kier alpha value is -2.24. The number of rotatable bonds is 9. The maximum Gasteiger partial charge on any atom is 0.218 e. The highest BCUT2D eigenvalue weighted by atomic mass is 127. The molecule has 1 atom stereocenters. The van der Waals surface area contributed by atoms with E-state index >= 15 is 0 Å². The molecular weight excluding hydrogens is 537 g/mol. The molecule has 2 aromatic heterocycles. The van der Waals surface area contributed by atoms with Gasteiger partial charge in [-0.3, -0.25) is 4.99 Å². The van der Waals surface area contributed by atoms with E-state index in [9.17, 15) is 0 Å². The number of pyridine rings is 1. The highest BCUT2D eigenvalue weighted by Gasteiger charge is 2.13. The third kappa shape index (κ3) is 7.42. The smallest absolute Gasteiger partial charge is 0.218 e. The van der Waals surface area contributed by atoms with Crippen LogP contribution in [0.25, 0.3) is 0 Å². The van der Waals surface area contributed by atoms with Gasteiger partial charge in [0.2, 0.25) is 5.88 Å². The number of aliphatic imine (C=N–C) groups is 1. The van der Waals surface area contributed by atoms with Gasteiger partial charge in [0.25, 0.3) is 0 Å². The number of ether oxygens (including phenoxy) is 2. The van der Waals surface area contributed by atoms with E-state index in [1.807, 2.05) is 61.3 Å². The van der Waals surface area contributed by atoms with Crippen LogP contribution in [0.3, 0.4) is 0 Å². The molecule has 0 saturated heterocycles. The first-order valence-corrected chi connectivity index (χ1v) is 11.0. The number of aromatic nitrogens is 2. The standard InChI is InChI=1S/C23H29N5O2S.HI/c1-17(29-4)22-27-20(16-31-22)14-28(3)23(24-2)26-13-19-11-8-12-25-21(19)30-15-18-9-6-5-7-10-18;/h5-12,16-17H,13-15H2,1-4H3,(H,24,26);1H. The fourth-order valence-electron chi connectivity index (χ4n) is 2.97. The van der Waals surface area contributed by atoms with Crippen molar-refractivity contribution in [3.8, 4) is 5.88 Å². The zero-order valence-electron chi connectivity index (χ0n) is 18.8. The lowest BCUT2D eigenvalue weighted by molar-refractivity contribution is 0.119. The molecule has 0 radical (unpaired) electrons. The van der Waals surface area contributed by atoms with E-state index in [0.29, 0.717) is 25.6 Å². The highest BCUT2D eigenvalue weighted by Crippen LogP contribution is 2.21. The molecule has 3 aromatic rings. The molecule has 2 heterocycles. The number of hydrogen-bond donors (Lipinski definition) is 1. The molecule has 1 unspecified atom stereocenters. The molecule has 3 rings (SSSR count). The molecule has 1 aromatic carbocycles. The molecule has 0 aliphatic heterocycles. The van der Waals surface area contributed by atoms with E-state index in [2.05, 4.69) is 25.7 Å². The molecule has 0 bridgehead atoms. The second-order valence-electron chi connectivity index (χ2n) is 7.05. The van der Waals surface area contributed by atoms with Gasteiger partial charge in [0, 0.05) is 44.9 Å². The van der Waals surface area contributed by atoms with Crippen molar-refractivity contribution in [3.63, 3.8) is 0 Å². The maximum atomic E-state index is 5.96. The minimum Gasteiger partial charge on any atom is -0.473 e. The van der Waals surface area contributed by atoms with Crippen LogP contribution in [0.1, 0.15) is 34.9 Å². The van der Waals surface area contributed by atoms with Crippen molar-refractivity contribution in [2.75, 3.05) is 21.2 Å². The van der Waals surface area contributed by atoms with Crippen LogP contribution in [0.2, 0.25) is 0 Å². The summed E-state index contributed by atoms with van der Waals surface area (Å²) in [5, 5.41) is 6.43. The number of guanidine groups is 1. The average Bonchev–Trinajstić information content (AvgIpc) is 3.27. The number of thiazole rings is 1. The summed E-state index contributed by atoms with van der Waals surface area (Å²) in [4.78, 5) is 15.5. The van der Waals surface area contributed by atoms with Crippen LogP contribution in [0.5, 0.6) is 5.88 Å². The van der Waals surface area contributed by atoms with Crippen molar-refractivity contribution in [2.45, 2.75) is 32.7 Å². The molecule has 0 aliphatic carbocycles. The van der Waals surface area contributed by atoms with Gasteiger partial charge in [-0.15, -0.1) is 35.3 Å². The molecule has 0 aliphatic rings. The summed E-state index contributed by atoms with van der Waals surface area (Å²) >= 11 is 1.61. The van der Waals surface area contributed by atoms with Gasteiger partial charge in [-0.25, -0.2) is 9.97 Å². The van der Waals surface area contributed by atoms with E-state index in [1.165, 1.54) is 0 Å². The fourth-order valence-corrected chi connectivity index (χ4v) is 3.82. The Bertz CT molecular complexity index is 983. The normalized spacial score (nSPS) is 12.1. The SMILES string of the molecule is CN=C(NCc1cccnc1OCc1ccccc1)N(C)Cc1csc(C(C)OC)n1.I. The van der Waals surface area contributed by atoms with Gasteiger partial charge in [-0.1, -0.05) is 36.4 Å². The first-order valence-electron chi connectivity index (χ1n) is 10.1. The molecule has 0 spiro atoms. The maximum absolute atomic E-state index is 5.96. The Kier molecular flexibility index (Phi) is 10.8. The van der Waals surface area contributed by atoms with E-state index in [1.54, 1.807) is 31.7 Å². The van der Waals surface area contributed by atoms with Crippen molar-refractivity contribution in [3.05, 3.63) is 75.9 Å². The lowest BCUT2D eigenvalue weighted by Crippen LogP contribution is -2.38. The van der Waals surface area contributed by atoms with Gasteiger partial charge >= 0.3 is 0 Å². The second-order valence-corrected chi connectivity index (χ2v) is 7.94. The summed E-state index contributed by atoms with van der Waals surface area (Å²) in [6.07, 6.45) is 1.74. The number of nitrogens with zero attached hydrogens (tertiary/aromatic N) is 4. The van der Waals surface area contributed by atoms with E-state index in [-0.39, 0.29) is 30.1 Å². The Morgan fingerprint density at radius 2 is 2.00 bits per heavy atom. The van der Waals surface area contributed by atoms with Crippen LogP contribution in [-0.4, -0.2) is 42.0 Å². The van der Waals surface area contributed by atoms with E-state index < -0.39 is 0 Å².